The molecule has 0 saturated carbocycles. The van der Waals surface area contributed by atoms with E-state index in [1.54, 1.807) is 56.0 Å². The first-order valence-electron chi connectivity index (χ1n) is 11.4. The van der Waals surface area contributed by atoms with E-state index < -0.39 is 6.04 Å². The van der Waals surface area contributed by atoms with Gasteiger partial charge in [0.25, 0.3) is 0 Å². The number of ether oxygens (including phenoxy) is 2. The van der Waals surface area contributed by atoms with Gasteiger partial charge < -0.3 is 19.4 Å². The number of methoxy groups -OCH3 is 2. The predicted octanol–water partition coefficient (Wildman–Crippen LogP) is 6.01. The van der Waals surface area contributed by atoms with E-state index in [-0.39, 0.29) is 18.1 Å². The van der Waals surface area contributed by atoms with Crippen molar-refractivity contribution in [1.82, 2.24) is 14.9 Å². The highest BCUT2D eigenvalue weighted by molar-refractivity contribution is 6.42. The number of amides is 1. The number of hydrogen-bond acceptors (Lipinski definition) is 4. The van der Waals surface area contributed by atoms with Crippen LogP contribution in [0.2, 0.25) is 10.0 Å². The molecule has 6 nitrogen and oxygen atoms in total. The molecule has 4 rings (SSSR count). The van der Waals surface area contributed by atoms with Crippen LogP contribution in [0.1, 0.15) is 29.9 Å². The summed E-state index contributed by atoms with van der Waals surface area (Å²) in [4.78, 5) is 17.9. The summed E-state index contributed by atoms with van der Waals surface area (Å²) in [6, 6.07) is 14.9. The lowest BCUT2D eigenvalue weighted by atomic mass is 10.1. The van der Waals surface area contributed by atoms with Crippen LogP contribution in [-0.2, 0) is 17.6 Å². The highest BCUT2D eigenvalue weighted by atomic mass is 35.5. The Bertz CT molecular complexity index is 1410. The second-order valence-electron chi connectivity index (χ2n) is 8.33. The molecule has 0 aliphatic carbocycles. The molecular formula is C27H26Cl2FN3O3. The van der Waals surface area contributed by atoms with Crippen molar-refractivity contribution in [2.45, 2.75) is 25.8 Å². The van der Waals surface area contributed by atoms with E-state index in [0.29, 0.717) is 56.9 Å². The van der Waals surface area contributed by atoms with Crippen molar-refractivity contribution >= 4 is 40.1 Å². The lowest BCUT2D eigenvalue weighted by Gasteiger charge is -2.18. The minimum Gasteiger partial charge on any atom is -0.493 e. The predicted molar refractivity (Wildman–Crippen MR) is 140 cm³/mol. The van der Waals surface area contributed by atoms with Gasteiger partial charge in [0.2, 0.25) is 5.91 Å². The first-order valence-corrected chi connectivity index (χ1v) is 12.2. The van der Waals surface area contributed by atoms with Crippen LogP contribution in [0.25, 0.3) is 11.0 Å². The summed E-state index contributed by atoms with van der Waals surface area (Å²) in [7, 11) is 3.17. The number of halogens is 3. The largest absolute Gasteiger partial charge is 0.493 e. The lowest BCUT2D eigenvalue weighted by Crippen LogP contribution is -2.33. The molecular weight excluding hydrogens is 504 g/mol. The summed E-state index contributed by atoms with van der Waals surface area (Å²) in [5, 5.41) is 3.70. The van der Waals surface area contributed by atoms with Crippen LogP contribution in [-0.4, -0.2) is 36.2 Å². The first-order chi connectivity index (χ1) is 17.3. The molecule has 0 bridgehead atoms. The van der Waals surface area contributed by atoms with Crippen molar-refractivity contribution in [2.24, 2.45) is 0 Å². The minimum atomic E-state index is -0.626. The molecule has 0 aliphatic rings. The Morgan fingerprint density at radius 3 is 2.50 bits per heavy atom. The summed E-state index contributed by atoms with van der Waals surface area (Å²) >= 11 is 12.5. The van der Waals surface area contributed by atoms with Gasteiger partial charge in [-0.05, 0) is 54.8 Å². The number of rotatable bonds is 9. The summed E-state index contributed by atoms with van der Waals surface area (Å²) in [6.07, 6.45) is 0.812. The number of aromatic nitrogens is 2. The number of carbonyl (C=O) groups is 1. The maximum atomic E-state index is 14.4. The molecule has 1 aromatic heterocycles. The zero-order valence-electron chi connectivity index (χ0n) is 20.1. The third-order valence-corrected chi connectivity index (χ3v) is 6.76. The maximum Gasteiger partial charge on any atom is 0.242 e. The zero-order valence-corrected chi connectivity index (χ0v) is 21.7. The minimum absolute atomic E-state index is 0.198. The standard InChI is InChI=1S/C27H26Cl2FN3O3/c1-16(27(34)31-11-10-17-8-9-24(35-2)25(12-17)36-3)33-23-15-20(29)19(28)14-22(23)32-26(33)13-18-6-4-5-7-21(18)30/h4-9,12,14-16H,10-11,13H2,1-3H3,(H,31,34)/t16-/m1/s1. The van der Waals surface area contributed by atoms with Crippen LogP contribution in [0, 0.1) is 5.82 Å². The van der Waals surface area contributed by atoms with Gasteiger partial charge in [-0.2, -0.15) is 0 Å². The van der Waals surface area contributed by atoms with Crippen molar-refractivity contribution in [3.8, 4) is 11.5 Å². The highest BCUT2D eigenvalue weighted by Gasteiger charge is 2.23. The normalized spacial score (nSPS) is 11.9. The molecule has 0 spiro atoms. The van der Waals surface area contributed by atoms with Gasteiger partial charge in [0, 0.05) is 13.0 Å². The van der Waals surface area contributed by atoms with E-state index >= 15 is 0 Å². The van der Waals surface area contributed by atoms with Crippen molar-refractivity contribution < 1.29 is 18.7 Å². The smallest absolute Gasteiger partial charge is 0.242 e. The first kappa shape index (κ1) is 25.8. The SMILES string of the molecule is COc1ccc(CCNC(=O)[C@@H](C)n2c(Cc3ccccc3F)nc3cc(Cl)c(Cl)cc32)cc1OC. The molecule has 0 unspecified atom stereocenters. The Labute approximate surface area is 218 Å². The molecule has 1 N–H and O–H groups in total. The number of imidazole rings is 1. The number of benzene rings is 3. The summed E-state index contributed by atoms with van der Waals surface area (Å²) in [6.45, 7) is 2.20. The Balaban J connectivity index is 1.57. The van der Waals surface area contributed by atoms with E-state index in [1.165, 1.54) is 6.07 Å². The molecule has 1 amide bonds. The molecule has 3 aromatic carbocycles. The molecule has 0 aliphatic heterocycles. The number of nitrogens with one attached hydrogen (secondary N) is 1. The van der Waals surface area contributed by atoms with Gasteiger partial charge >= 0.3 is 0 Å². The fourth-order valence-electron chi connectivity index (χ4n) is 4.14. The molecule has 0 fully saturated rings. The van der Waals surface area contributed by atoms with Crippen LogP contribution in [0.3, 0.4) is 0 Å². The van der Waals surface area contributed by atoms with Crippen molar-refractivity contribution in [3.05, 3.63) is 87.4 Å². The molecule has 188 valence electrons. The second kappa shape index (κ2) is 11.2. The van der Waals surface area contributed by atoms with Gasteiger partial charge in [-0.1, -0.05) is 47.5 Å². The maximum absolute atomic E-state index is 14.4. The number of carbonyl (C=O) groups excluding carboxylic acids is 1. The van der Waals surface area contributed by atoms with E-state index in [1.807, 2.05) is 18.2 Å². The van der Waals surface area contributed by atoms with Gasteiger partial charge in [0.15, 0.2) is 11.5 Å². The van der Waals surface area contributed by atoms with E-state index in [4.69, 9.17) is 32.7 Å². The van der Waals surface area contributed by atoms with Crippen LogP contribution in [0.5, 0.6) is 11.5 Å². The quantitative estimate of drug-likeness (QED) is 0.288. The van der Waals surface area contributed by atoms with Crippen molar-refractivity contribution in [2.75, 3.05) is 20.8 Å². The van der Waals surface area contributed by atoms with Gasteiger partial charge in [0.05, 0.1) is 35.3 Å². The molecule has 0 radical (unpaired) electrons. The Morgan fingerprint density at radius 2 is 1.78 bits per heavy atom. The monoisotopic (exact) mass is 529 g/mol. The van der Waals surface area contributed by atoms with Crippen LogP contribution >= 0.6 is 23.2 Å². The molecule has 1 heterocycles. The van der Waals surface area contributed by atoms with E-state index in [0.717, 1.165) is 5.56 Å². The van der Waals surface area contributed by atoms with Gasteiger partial charge in [0.1, 0.15) is 17.7 Å². The zero-order chi connectivity index (χ0) is 25.8. The molecule has 1 atom stereocenters. The topological polar surface area (TPSA) is 65.4 Å². The van der Waals surface area contributed by atoms with E-state index in [9.17, 15) is 9.18 Å². The second-order valence-corrected chi connectivity index (χ2v) is 9.14. The number of hydrogen-bond donors (Lipinski definition) is 1. The summed E-state index contributed by atoms with van der Waals surface area (Å²) in [5.41, 5.74) is 2.71. The number of nitrogens with zero attached hydrogens (tertiary/aromatic N) is 2. The summed E-state index contributed by atoms with van der Waals surface area (Å²) in [5.74, 6) is 1.28. The van der Waals surface area contributed by atoms with Crippen molar-refractivity contribution in [1.29, 1.82) is 0 Å². The molecule has 0 saturated heterocycles. The lowest BCUT2D eigenvalue weighted by molar-refractivity contribution is -0.123. The third kappa shape index (κ3) is 5.42. The highest BCUT2D eigenvalue weighted by Crippen LogP contribution is 2.31. The van der Waals surface area contributed by atoms with Crippen LogP contribution in [0.4, 0.5) is 4.39 Å². The average Bonchev–Trinajstić information content (AvgIpc) is 3.21. The third-order valence-electron chi connectivity index (χ3n) is 6.04. The fourth-order valence-corrected chi connectivity index (χ4v) is 4.46. The van der Waals surface area contributed by atoms with Gasteiger partial charge in [-0.3, -0.25) is 4.79 Å². The average molecular weight is 530 g/mol. The van der Waals surface area contributed by atoms with Gasteiger partial charge in [-0.15, -0.1) is 0 Å². The molecule has 36 heavy (non-hydrogen) atoms. The van der Waals surface area contributed by atoms with Crippen LogP contribution in [0.15, 0.2) is 54.6 Å². The fraction of sp³-hybridized carbons (Fsp3) is 0.259. The number of fused-ring (bicyclic) bond motifs is 1. The molecule has 9 heteroatoms. The Kier molecular flexibility index (Phi) is 8.01. The summed E-state index contributed by atoms with van der Waals surface area (Å²) < 4.78 is 26.8. The van der Waals surface area contributed by atoms with Crippen molar-refractivity contribution in [3.63, 3.8) is 0 Å². The molecule has 4 aromatic rings. The van der Waals surface area contributed by atoms with E-state index in [2.05, 4.69) is 10.3 Å². The Morgan fingerprint density at radius 1 is 1.06 bits per heavy atom. The van der Waals surface area contributed by atoms with Crippen LogP contribution < -0.4 is 14.8 Å². The Hall–Kier alpha value is -3.29. The van der Waals surface area contributed by atoms with Gasteiger partial charge in [-0.25, -0.2) is 9.37 Å².